The zero-order valence-electron chi connectivity index (χ0n) is 10.6. The maximum Gasteiger partial charge on any atom is 0.337 e. The summed E-state index contributed by atoms with van der Waals surface area (Å²) in [5.74, 6) is -2.54. The van der Waals surface area contributed by atoms with Gasteiger partial charge in [-0.25, -0.2) is 18.4 Å². The highest BCUT2D eigenvalue weighted by atomic mass is 19.1. The van der Waals surface area contributed by atoms with Crippen LogP contribution in [0.4, 0.5) is 25.0 Å². The van der Waals surface area contributed by atoms with Crippen molar-refractivity contribution in [2.75, 3.05) is 10.6 Å². The third-order valence-electron chi connectivity index (χ3n) is 2.54. The third kappa shape index (κ3) is 3.75. The van der Waals surface area contributed by atoms with Gasteiger partial charge in [-0.1, -0.05) is 6.07 Å². The van der Waals surface area contributed by atoms with Crippen molar-refractivity contribution < 1.29 is 23.5 Å². The maximum atomic E-state index is 13.1. The Morgan fingerprint density at radius 2 is 1.67 bits per heavy atom. The van der Waals surface area contributed by atoms with E-state index in [-0.39, 0.29) is 16.9 Å². The molecule has 0 aliphatic rings. The Kier molecular flexibility index (Phi) is 4.13. The molecular weight excluding hydrogens is 282 g/mol. The molecule has 2 aromatic rings. The molecule has 0 unspecified atom stereocenters. The molecule has 0 aliphatic carbocycles. The Labute approximate surface area is 118 Å². The molecule has 0 radical (unpaired) electrons. The van der Waals surface area contributed by atoms with Gasteiger partial charge in [0.2, 0.25) is 0 Å². The number of benzene rings is 2. The highest BCUT2D eigenvalue weighted by Crippen LogP contribution is 2.18. The second-order valence-electron chi connectivity index (χ2n) is 4.08. The molecule has 5 nitrogen and oxygen atoms in total. The first-order valence-corrected chi connectivity index (χ1v) is 5.82. The average molecular weight is 292 g/mol. The number of anilines is 2. The predicted molar refractivity (Wildman–Crippen MR) is 72.4 cm³/mol. The van der Waals surface area contributed by atoms with E-state index in [1.54, 1.807) is 0 Å². The number of aromatic carboxylic acids is 1. The molecule has 2 amide bonds. The van der Waals surface area contributed by atoms with Gasteiger partial charge in [-0.05, 0) is 36.4 Å². The summed E-state index contributed by atoms with van der Waals surface area (Å²) in [6.07, 6.45) is 0. The van der Waals surface area contributed by atoms with Crippen LogP contribution in [0.25, 0.3) is 0 Å². The fourth-order valence-electron chi connectivity index (χ4n) is 1.66. The molecule has 2 aromatic carbocycles. The maximum absolute atomic E-state index is 13.1. The molecule has 108 valence electrons. The van der Waals surface area contributed by atoms with Crippen LogP contribution in [-0.4, -0.2) is 17.1 Å². The van der Waals surface area contributed by atoms with Crippen molar-refractivity contribution in [2.24, 2.45) is 0 Å². The van der Waals surface area contributed by atoms with Gasteiger partial charge in [-0.3, -0.25) is 0 Å². The first-order valence-electron chi connectivity index (χ1n) is 5.82. The molecule has 0 saturated heterocycles. The van der Waals surface area contributed by atoms with E-state index in [9.17, 15) is 18.4 Å². The molecule has 0 aromatic heterocycles. The average Bonchev–Trinajstić information content (AvgIpc) is 2.38. The fourth-order valence-corrected chi connectivity index (χ4v) is 1.66. The summed E-state index contributed by atoms with van der Waals surface area (Å²) in [6.45, 7) is 0. The van der Waals surface area contributed by atoms with E-state index in [4.69, 9.17) is 5.11 Å². The highest BCUT2D eigenvalue weighted by Gasteiger charge is 2.13. The van der Waals surface area contributed by atoms with Crippen LogP contribution >= 0.6 is 0 Å². The number of amides is 2. The largest absolute Gasteiger partial charge is 0.478 e. The van der Waals surface area contributed by atoms with E-state index in [2.05, 4.69) is 10.6 Å². The van der Waals surface area contributed by atoms with Gasteiger partial charge in [-0.15, -0.1) is 0 Å². The molecule has 0 aliphatic heterocycles. The number of carboxylic acids is 1. The van der Waals surface area contributed by atoms with Gasteiger partial charge >= 0.3 is 12.0 Å². The van der Waals surface area contributed by atoms with Gasteiger partial charge in [0.1, 0.15) is 11.6 Å². The van der Waals surface area contributed by atoms with Gasteiger partial charge in [0.15, 0.2) is 0 Å². The van der Waals surface area contributed by atoms with Crippen molar-refractivity contribution in [3.63, 3.8) is 0 Å². The molecule has 21 heavy (non-hydrogen) atoms. The summed E-state index contributed by atoms with van der Waals surface area (Å²) in [5.41, 5.74) is -0.275. The van der Waals surface area contributed by atoms with E-state index < -0.39 is 23.6 Å². The van der Waals surface area contributed by atoms with Crippen LogP contribution in [0.2, 0.25) is 0 Å². The molecular formula is C14H10F2N2O3. The Balaban J connectivity index is 2.16. The molecule has 2 rings (SSSR count). The summed E-state index contributed by atoms with van der Waals surface area (Å²) >= 11 is 0. The lowest BCUT2D eigenvalue weighted by Gasteiger charge is -2.10. The van der Waals surface area contributed by atoms with Crippen molar-refractivity contribution in [1.82, 2.24) is 0 Å². The van der Waals surface area contributed by atoms with E-state index in [1.165, 1.54) is 18.2 Å². The van der Waals surface area contributed by atoms with E-state index in [1.807, 2.05) is 0 Å². The van der Waals surface area contributed by atoms with Crippen molar-refractivity contribution in [2.45, 2.75) is 0 Å². The van der Waals surface area contributed by atoms with Crippen LogP contribution < -0.4 is 10.6 Å². The summed E-state index contributed by atoms with van der Waals surface area (Å²) in [4.78, 5) is 22.7. The number of urea groups is 1. The fraction of sp³-hybridized carbons (Fsp3) is 0. The SMILES string of the molecule is O=C(Nc1cccc(F)c1)Nc1cc(F)ccc1C(=O)O. The van der Waals surface area contributed by atoms with Gasteiger partial charge < -0.3 is 15.7 Å². The number of hydrogen-bond donors (Lipinski definition) is 3. The van der Waals surface area contributed by atoms with Crippen molar-refractivity contribution >= 4 is 23.4 Å². The normalized spacial score (nSPS) is 10.0. The Hall–Kier alpha value is -2.96. The Morgan fingerprint density at radius 3 is 2.33 bits per heavy atom. The Morgan fingerprint density at radius 1 is 0.952 bits per heavy atom. The number of halogens is 2. The second kappa shape index (κ2) is 6.00. The van der Waals surface area contributed by atoms with Crippen molar-refractivity contribution in [3.8, 4) is 0 Å². The summed E-state index contributed by atoms with van der Waals surface area (Å²) in [7, 11) is 0. The Bertz CT molecular complexity index is 704. The number of hydrogen-bond acceptors (Lipinski definition) is 2. The molecule has 3 N–H and O–H groups in total. The first-order chi connectivity index (χ1) is 9.95. The number of rotatable bonds is 3. The lowest BCUT2D eigenvalue weighted by atomic mass is 10.2. The van der Waals surface area contributed by atoms with Crippen LogP contribution in [0.1, 0.15) is 10.4 Å². The van der Waals surface area contributed by atoms with Gasteiger partial charge in [0.25, 0.3) is 0 Å². The van der Waals surface area contributed by atoms with Crippen LogP contribution in [0.15, 0.2) is 42.5 Å². The smallest absolute Gasteiger partial charge is 0.337 e. The minimum atomic E-state index is -1.31. The zero-order valence-corrected chi connectivity index (χ0v) is 10.6. The predicted octanol–water partition coefficient (Wildman–Crippen LogP) is 3.31. The molecule has 0 bridgehead atoms. The number of carbonyl (C=O) groups is 2. The van der Waals surface area contributed by atoms with Gasteiger partial charge in [0.05, 0.1) is 11.3 Å². The number of nitrogens with one attached hydrogen (secondary N) is 2. The quantitative estimate of drug-likeness (QED) is 0.812. The zero-order chi connectivity index (χ0) is 15.4. The molecule has 0 fully saturated rings. The summed E-state index contributed by atoms with van der Waals surface area (Å²) < 4.78 is 26.1. The van der Waals surface area contributed by atoms with Crippen LogP contribution in [0.5, 0.6) is 0 Å². The van der Waals surface area contributed by atoms with Gasteiger partial charge in [0, 0.05) is 5.69 Å². The second-order valence-corrected chi connectivity index (χ2v) is 4.08. The van der Waals surface area contributed by atoms with Crippen LogP contribution in [0, 0.1) is 11.6 Å². The van der Waals surface area contributed by atoms with E-state index in [0.29, 0.717) is 0 Å². The molecule has 0 saturated carbocycles. The first kappa shape index (κ1) is 14.4. The van der Waals surface area contributed by atoms with Crippen molar-refractivity contribution in [1.29, 1.82) is 0 Å². The number of carbonyl (C=O) groups excluding carboxylic acids is 1. The highest BCUT2D eigenvalue weighted by molar-refractivity contribution is 6.04. The van der Waals surface area contributed by atoms with E-state index >= 15 is 0 Å². The lowest BCUT2D eigenvalue weighted by molar-refractivity contribution is 0.0698. The number of carboxylic acid groups (broad SMARTS) is 1. The standard InChI is InChI=1S/C14H10F2N2O3/c15-8-2-1-3-10(6-8)17-14(21)18-12-7-9(16)4-5-11(12)13(19)20/h1-7H,(H,19,20)(H2,17,18,21). The molecule has 7 heteroatoms. The third-order valence-corrected chi connectivity index (χ3v) is 2.54. The molecule has 0 spiro atoms. The molecule has 0 atom stereocenters. The monoisotopic (exact) mass is 292 g/mol. The van der Waals surface area contributed by atoms with E-state index in [0.717, 1.165) is 24.3 Å². The minimum absolute atomic E-state index is 0.181. The van der Waals surface area contributed by atoms with Crippen molar-refractivity contribution in [3.05, 3.63) is 59.7 Å². The van der Waals surface area contributed by atoms with Gasteiger partial charge in [-0.2, -0.15) is 0 Å². The summed E-state index contributed by atoms with van der Waals surface area (Å²) in [6, 6.07) is 7.22. The lowest BCUT2D eigenvalue weighted by Crippen LogP contribution is -2.21. The molecule has 0 heterocycles. The topological polar surface area (TPSA) is 78.4 Å². The minimum Gasteiger partial charge on any atom is -0.478 e. The van der Waals surface area contributed by atoms with Crippen LogP contribution in [-0.2, 0) is 0 Å². The summed E-state index contributed by atoms with van der Waals surface area (Å²) in [5, 5.41) is 13.5. The van der Waals surface area contributed by atoms with Crippen LogP contribution in [0.3, 0.4) is 0 Å².